The molecule has 3 heterocycles. The largest absolute Gasteiger partial charge is 0.465 e. The van der Waals surface area contributed by atoms with Crippen molar-refractivity contribution in [1.82, 2.24) is 28.8 Å². The minimum absolute atomic E-state index is 0.148. The molecular formula is C25H18Br2F6N8O6S. The van der Waals surface area contributed by atoms with E-state index in [1.165, 1.54) is 18.7 Å². The number of nitrogens with one attached hydrogen (secondary N) is 2. The van der Waals surface area contributed by atoms with E-state index in [4.69, 9.17) is 5.73 Å². The second kappa shape index (κ2) is 13.1. The summed E-state index contributed by atoms with van der Waals surface area (Å²) in [5.41, 5.74) is -0.496. The standard InChI is InChI=1S/C13H9BrF3N5O4S.C12H9BrF3N3O2/c1-27(25,26)20-22-11(23)6-2-9(21-4-10(14)18-5-21)7(13(15,16)17)3-8(6)19-12(22)24;1-21-11(20)6-2-9(19-4-10(13)18-5-19)7(3-8(6)17)12(14,15)16/h2-5,20H,1H3,(H,19,24);2-5H,17H2,1H3. The third-order valence-electron chi connectivity index (χ3n) is 6.11. The molecule has 0 saturated carbocycles. The molecule has 4 N–H and O–H groups in total. The zero-order valence-electron chi connectivity index (χ0n) is 23.8. The highest BCUT2D eigenvalue weighted by Gasteiger charge is 2.36. The van der Waals surface area contributed by atoms with Crippen LogP contribution in [0.2, 0.25) is 0 Å². The Morgan fingerprint density at radius 2 is 1.42 bits per heavy atom. The van der Waals surface area contributed by atoms with Gasteiger partial charge in [-0.15, -0.1) is 0 Å². The summed E-state index contributed by atoms with van der Waals surface area (Å²) in [4.78, 5) is 47.3. The molecule has 0 aliphatic heterocycles. The smallest absolute Gasteiger partial charge is 0.418 e. The van der Waals surface area contributed by atoms with Crippen molar-refractivity contribution < 1.29 is 44.3 Å². The monoisotopic (exact) mass is 830 g/mol. The van der Waals surface area contributed by atoms with Crippen LogP contribution in [0, 0.1) is 0 Å². The van der Waals surface area contributed by atoms with Crippen LogP contribution in [0.3, 0.4) is 0 Å². The number of carbonyl (C=O) groups excluding carboxylic acids is 1. The van der Waals surface area contributed by atoms with Gasteiger partial charge in [0.15, 0.2) is 0 Å². The van der Waals surface area contributed by atoms with Gasteiger partial charge >= 0.3 is 24.0 Å². The predicted molar refractivity (Wildman–Crippen MR) is 165 cm³/mol. The Balaban J connectivity index is 0.000000224. The maximum atomic E-state index is 13.5. The molecule has 0 bridgehead atoms. The van der Waals surface area contributed by atoms with Crippen molar-refractivity contribution in [3.05, 3.63) is 96.0 Å². The van der Waals surface area contributed by atoms with E-state index < -0.39 is 61.9 Å². The lowest BCUT2D eigenvalue weighted by atomic mass is 10.1. The highest BCUT2D eigenvalue weighted by Crippen LogP contribution is 2.37. The van der Waals surface area contributed by atoms with Gasteiger partial charge in [0.1, 0.15) is 21.9 Å². The molecule has 14 nitrogen and oxygen atoms in total. The Morgan fingerprint density at radius 1 is 0.917 bits per heavy atom. The maximum absolute atomic E-state index is 13.5. The Bertz CT molecular complexity index is 2280. The molecule has 0 atom stereocenters. The fourth-order valence-corrected chi connectivity index (χ4v) is 5.26. The fourth-order valence-electron chi connectivity index (χ4n) is 4.14. The minimum atomic E-state index is -4.79. The van der Waals surface area contributed by atoms with E-state index in [9.17, 15) is 49.1 Å². The van der Waals surface area contributed by atoms with Crippen LogP contribution in [0.5, 0.6) is 0 Å². The third-order valence-corrected chi connectivity index (χ3v) is 7.45. The molecular weight excluding hydrogens is 814 g/mol. The van der Waals surface area contributed by atoms with Crippen LogP contribution in [-0.2, 0) is 27.1 Å². The van der Waals surface area contributed by atoms with Crippen molar-refractivity contribution in [2.24, 2.45) is 0 Å². The summed E-state index contributed by atoms with van der Waals surface area (Å²) in [5.74, 6) is -0.818. The summed E-state index contributed by atoms with van der Waals surface area (Å²) >= 11 is 6.07. The highest BCUT2D eigenvalue weighted by atomic mass is 79.9. The number of nitrogens with two attached hydrogens (primary N) is 1. The Kier molecular flexibility index (Phi) is 9.88. The molecule has 2 aromatic carbocycles. The second-order valence-electron chi connectivity index (χ2n) is 9.50. The predicted octanol–water partition coefficient (Wildman–Crippen LogP) is 4.18. The lowest BCUT2D eigenvalue weighted by molar-refractivity contribution is -0.138. The van der Waals surface area contributed by atoms with Crippen molar-refractivity contribution in [3.63, 3.8) is 0 Å². The fraction of sp³-hybridized carbons (Fsp3) is 0.160. The summed E-state index contributed by atoms with van der Waals surface area (Å²) in [6, 6.07) is 3.23. The minimum Gasteiger partial charge on any atom is -0.465 e. The van der Waals surface area contributed by atoms with Gasteiger partial charge < -0.3 is 24.6 Å². The number of ether oxygens (including phenoxy) is 1. The summed E-state index contributed by atoms with van der Waals surface area (Å²) in [5, 5.41) is -0.335. The van der Waals surface area contributed by atoms with Gasteiger partial charge in [0.2, 0.25) is 10.0 Å². The van der Waals surface area contributed by atoms with Gasteiger partial charge in [-0.1, -0.05) is 0 Å². The number of sulfonamides is 1. The Hall–Kier alpha value is -4.64. The van der Waals surface area contributed by atoms with Crippen LogP contribution in [0.1, 0.15) is 21.5 Å². The van der Waals surface area contributed by atoms with Gasteiger partial charge in [-0.25, -0.2) is 32.8 Å². The van der Waals surface area contributed by atoms with Crippen molar-refractivity contribution in [3.8, 4) is 11.4 Å². The van der Waals surface area contributed by atoms with Gasteiger partial charge in [-0.3, -0.25) is 4.79 Å². The second-order valence-corrected chi connectivity index (χ2v) is 12.9. The number of nitrogens with zero attached hydrogens (tertiary/aromatic N) is 5. The van der Waals surface area contributed by atoms with Crippen LogP contribution >= 0.6 is 31.9 Å². The van der Waals surface area contributed by atoms with Crippen LogP contribution in [0.15, 0.2) is 68.1 Å². The van der Waals surface area contributed by atoms with Gasteiger partial charge in [-0.2, -0.15) is 31.0 Å². The lowest BCUT2D eigenvalue weighted by Gasteiger charge is -2.16. The zero-order chi connectivity index (χ0) is 35.9. The molecule has 23 heteroatoms. The van der Waals surface area contributed by atoms with Crippen LogP contribution in [0.4, 0.5) is 32.0 Å². The number of anilines is 1. The molecule has 0 radical (unpaired) electrons. The molecule has 0 aliphatic rings. The number of nitrogen functional groups attached to an aromatic ring is 1. The number of hydrogen-bond donors (Lipinski definition) is 3. The van der Waals surface area contributed by atoms with E-state index in [1.807, 2.05) is 0 Å². The van der Waals surface area contributed by atoms with Gasteiger partial charge in [-0.05, 0) is 56.1 Å². The van der Waals surface area contributed by atoms with Gasteiger partial charge in [0, 0.05) is 18.1 Å². The molecule has 0 saturated heterocycles. The lowest BCUT2D eigenvalue weighted by Crippen LogP contribution is -2.43. The maximum Gasteiger partial charge on any atom is 0.418 e. The number of H-pyrrole nitrogens is 1. The molecule has 0 amide bonds. The Morgan fingerprint density at radius 3 is 1.85 bits per heavy atom. The van der Waals surface area contributed by atoms with E-state index >= 15 is 0 Å². The number of methoxy groups -OCH3 is 1. The number of benzene rings is 2. The molecule has 3 aromatic heterocycles. The zero-order valence-corrected chi connectivity index (χ0v) is 27.8. The van der Waals surface area contributed by atoms with Crippen molar-refractivity contribution in [2.75, 3.05) is 23.9 Å². The molecule has 0 spiro atoms. The highest BCUT2D eigenvalue weighted by molar-refractivity contribution is 9.10. The summed E-state index contributed by atoms with van der Waals surface area (Å²) < 4.78 is 110. The number of imidazole rings is 2. The van der Waals surface area contributed by atoms with E-state index in [0.29, 0.717) is 23.0 Å². The number of aromatic nitrogens is 6. The normalized spacial score (nSPS) is 12.0. The third kappa shape index (κ3) is 7.90. The molecule has 5 aromatic rings. The first-order valence-electron chi connectivity index (χ1n) is 12.5. The SMILES string of the molecule is COC(=O)c1cc(-n2cnc(Br)c2)c(C(F)(F)F)cc1N.CS(=O)(=O)Nn1c(=O)[nH]c2cc(C(F)(F)F)c(-n3cnc(Br)c3)cc2c1=O. The van der Waals surface area contributed by atoms with E-state index in [2.05, 4.69) is 51.5 Å². The molecule has 48 heavy (non-hydrogen) atoms. The first-order valence-corrected chi connectivity index (χ1v) is 15.9. The number of rotatable bonds is 5. The van der Waals surface area contributed by atoms with Crippen molar-refractivity contribution >= 4 is 64.4 Å². The number of fused-ring (bicyclic) bond motifs is 1. The first-order chi connectivity index (χ1) is 22.1. The summed E-state index contributed by atoms with van der Waals surface area (Å²) in [7, 11) is -2.87. The molecule has 256 valence electrons. The number of carbonyl (C=O) groups is 1. The number of esters is 1. The molecule has 5 rings (SSSR count). The van der Waals surface area contributed by atoms with Crippen LogP contribution in [-0.4, -0.2) is 56.5 Å². The van der Waals surface area contributed by atoms with Gasteiger partial charge in [0.05, 0.1) is 52.3 Å². The van der Waals surface area contributed by atoms with E-state index in [0.717, 1.165) is 34.7 Å². The van der Waals surface area contributed by atoms with Crippen molar-refractivity contribution in [1.29, 1.82) is 0 Å². The summed E-state index contributed by atoms with van der Waals surface area (Å²) in [6.45, 7) is 0. The van der Waals surface area contributed by atoms with Gasteiger partial charge in [0.25, 0.3) is 5.56 Å². The number of alkyl halides is 6. The van der Waals surface area contributed by atoms with Crippen molar-refractivity contribution in [2.45, 2.75) is 12.4 Å². The quantitative estimate of drug-likeness (QED) is 0.133. The number of aromatic amines is 1. The number of halogens is 8. The number of hydrogen-bond acceptors (Lipinski definition) is 9. The summed E-state index contributed by atoms with van der Waals surface area (Å²) in [6.07, 6.45) is -3.85. The Labute approximate surface area is 280 Å². The topological polar surface area (TPSA) is 189 Å². The average Bonchev–Trinajstić information content (AvgIpc) is 3.61. The van der Waals surface area contributed by atoms with Crippen LogP contribution in [0.25, 0.3) is 22.3 Å². The average molecular weight is 832 g/mol. The van der Waals surface area contributed by atoms with Crippen LogP contribution < -0.4 is 21.8 Å². The van der Waals surface area contributed by atoms with E-state index in [1.54, 1.807) is 4.83 Å². The first kappa shape index (κ1) is 36.2. The van der Waals surface area contributed by atoms with E-state index in [-0.39, 0.29) is 31.6 Å². The molecule has 0 unspecified atom stereocenters. The molecule has 0 fully saturated rings. The molecule has 0 aliphatic carbocycles.